The van der Waals surface area contributed by atoms with E-state index in [1.807, 2.05) is 42.6 Å². The highest BCUT2D eigenvalue weighted by atomic mass is 32.1. The summed E-state index contributed by atoms with van der Waals surface area (Å²) >= 11 is 1.51. The van der Waals surface area contributed by atoms with Crippen molar-refractivity contribution in [2.45, 2.75) is 51.5 Å². The normalized spacial score (nSPS) is 16.7. The molecule has 0 bridgehead atoms. The number of hydrogen-bond acceptors (Lipinski definition) is 6. The number of piperidine rings is 1. The lowest BCUT2D eigenvalue weighted by Gasteiger charge is -2.35. The maximum absolute atomic E-state index is 12.7. The molecule has 5 rings (SSSR count). The first-order valence-corrected chi connectivity index (χ1v) is 12.0. The van der Waals surface area contributed by atoms with Gasteiger partial charge in [-0.2, -0.15) is 0 Å². The van der Waals surface area contributed by atoms with E-state index in [9.17, 15) is 4.79 Å². The summed E-state index contributed by atoms with van der Waals surface area (Å²) in [7, 11) is 0. The van der Waals surface area contributed by atoms with Crippen molar-refractivity contribution in [3.8, 4) is 10.6 Å². The Balaban J connectivity index is 1.22. The van der Waals surface area contributed by atoms with Gasteiger partial charge in [0.05, 0.1) is 0 Å². The minimum Gasteiger partial charge on any atom is -0.356 e. The third kappa shape index (κ3) is 4.32. The van der Waals surface area contributed by atoms with Crippen LogP contribution in [0.2, 0.25) is 0 Å². The Labute approximate surface area is 186 Å². The number of nitrogens with zero attached hydrogens (tertiary/aromatic N) is 4. The molecule has 3 aromatic rings. The van der Waals surface area contributed by atoms with Gasteiger partial charge in [-0.1, -0.05) is 30.3 Å². The SMILES string of the molecule is Cc1nc2c(c(N3CCC(NC(=O)c4csc(-c5ccccc5)n4)CC3)n1)CCCC2. The molecule has 1 N–H and O–H groups in total. The van der Waals surface area contributed by atoms with Gasteiger partial charge < -0.3 is 10.2 Å². The maximum atomic E-state index is 12.7. The van der Waals surface area contributed by atoms with Crippen LogP contribution >= 0.6 is 11.3 Å². The number of aromatic nitrogens is 3. The Morgan fingerprint density at radius 3 is 2.65 bits per heavy atom. The Morgan fingerprint density at radius 1 is 1.06 bits per heavy atom. The van der Waals surface area contributed by atoms with Crippen LogP contribution < -0.4 is 10.2 Å². The van der Waals surface area contributed by atoms with E-state index in [0.29, 0.717) is 5.69 Å². The number of carbonyl (C=O) groups is 1. The molecule has 1 aliphatic heterocycles. The molecular formula is C24H27N5OS. The zero-order valence-electron chi connectivity index (χ0n) is 17.8. The molecule has 1 saturated heterocycles. The zero-order chi connectivity index (χ0) is 21.2. The number of fused-ring (bicyclic) bond motifs is 1. The van der Waals surface area contributed by atoms with Crippen molar-refractivity contribution in [2.75, 3.05) is 18.0 Å². The van der Waals surface area contributed by atoms with E-state index >= 15 is 0 Å². The number of nitrogens with one attached hydrogen (secondary N) is 1. The molecule has 7 heteroatoms. The van der Waals surface area contributed by atoms with Crippen LogP contribution in [0.4, 0.5) is 5.82 Å². The van der Waals surface area contributed by atoms with Crippen LogP contribution in [0.5, 0.6) is 0 Å². The lowest BCUT2D eigenvalue weighted by Crippen LogP contribution is -2.45. The van der Waals surface area contributed by atoms with Gasteiger partial charge in [0.25, 0.3) is 5.91 Å². The van der Waals surface area contributed by atoms with Gasteiger partial charge in [-0.25, -0.2) is 15.0 Å². The molecule has 1 aliphatic carbocycles. The van der Waals surface area contributed by atoms with Crippen molar-refractivity contribution in [3.05, 3.63) is 58.5 Å². The Kier molecular flexibility index (Phi) is 5.68. The minimum atomic E-state index is -0.0767. The van der Waals surface area contributed by atoms with Gasteiger partial charge in [0.1, 0.15) is 22.3 Å². The number of anilines is 1. The quantitative estimate of drug-likeness (QED) is 0.668. The molecule has 31 heavy (non-hydrogen) atoms. The number of thiazole rings is 1. The largest absolute Gasteiger partial charge is 0.356 e. The van der Waals surface area contributed by atoms with Gasteiger partial charge in [-0.05, 0) is 45.4 Å². The van der Waals surface area contributed by atoms with Crippen LogP contribution in [0.1, 0.15) is 53.3 Å². The Bertz CT molecular complexity index is 1070. The summed E-state index contributed by atoms with van der Waals surface area (Å²) in [5, 5.41) is 5.92. The van der Waals surface area contributed by atoms with Crippen molar-refractivity contribution >= 4 is 23.1 Å². The highest BCUT2D eigenvalue weighted by molar-refractivity contribution is 7.13. The molecule has 6 nitrogen and oxygen atoms in total. The third-order valence-corrected chi connectivity index (χ3v) is 7.05. The third-order valence-electron chi connectivity index (χ3n) is 6.16. The summed E-state index contributed by atoms with van der Waals surface area (Å²) in [4.78, 5) is 29.2. The number of benzene rings is 1. The predicted octanol–water partition coefficient (Wildman–Crippen LogP) is 4.19. The average Bonchev–Trinajstić information content (AvgIpc) is 3.30. The van der Waals surface area contributed by atoms with Gasteiger partial charge in [-0.15, -0.1) is 11.3 Å². The van der Waals surface area contributed by atoms with E-state index in [-0.39, 0.29) is 11.9 Å². The predicted molar refractivity (Wildman–Crippen MR) is 124 cm³/mol. The van der Waals surface area contributed by atoms with Gasteiger partial charge in [0.15, 0.2) is 0 Å². The van der Waals surface area contributed by atoms with Crippen molar-refractivity contribution in [3.63, 3.8) is 0 Å². The van der Waals surface area contributed by atoms with Crippen LogP contribution in [-0.4, -0.2) is 40.0 Å². The van der Waals surface area contributed by atoms with Crippen LogP contribution in [-0.2, 0) is 12.8 Å². The van der Waals surface area contributed by atoms with E-state index < -0.39 is 0 Å². The smallest absolute Gasteiger partial charge is 0.270 e. The first-order chi connectivity index (χ1) is 15.2. The second-order valence-corrected chi connectivity index (χ2v) is 9.22. The number of carbonyl (C=O) groups excluding carboxylic acids is 1. The number of hydrogen-bond donors (Lipinski definition) is 1. The van der Waals surface area contributed by atoms with Crippen molar-refractivity contribution in [2.24, 2.45) is 0 Å². The van der Waals surface area contributed by atoms with Crippen LogP contribution in [0.15, 0.2) is 35.7 Å². The lowest BCUT2D eigenvalue weighted by atomic mass is 9.95. The van der Waals surface area contributed by atoms with Crippen LogP contribution in [0.25, 0.3) is 10.6 Å². The highest BCUT2D eigenvalue weighted by Gasteiger charge is 2.26. The summed E-state index contributed by atoms with van der Waals surface area (Å²) in [6, 6.07) is 10.2. The van der Waals surface area contributed by atoms with E-state index in [4.69, 9.17) is 4.98 Å². The Morgan fingerprint density at radius 2 is 1.84 bits per heavy atom. The molecule has 0 saturated carbocycles. The molecule has 0 spiro atoms. The maximum Gasteiger partial charge on any atom is 0.270 e. The molecule has 2 aliphatic rings. The first-order valence-electron chi connectivity index (χ1n) is 11.1. The Hall–Kier alpha value is -2.80. The fourth-order valence-corrected chi connectivity index (χ4v) is 5.35. The van der Waals surface area contributed by atoms with E-state index in [2.05, 4.69) is 20.2 Å². The molecule has 1 aromatic carbocycles. The molecule has 160 valence electrons. The summed E-state index contributed by atoms with van der Waals surface area (Å²) in [6.07, 6.45) is 6.42. The topological polar surface area (TPSA) is 71.0 Å². The average molecular weight is 434 g/mol. The summed E-state index contributed by atoms with van der Waals surface area (Å²) in [6.45, 7) is 3.79. The molecule has 1 fully saturated rings. The standard InChI is InChI=1S/C24H27N5OS/c1-16-25-20-10-6-5-9-19(20)22(26-16)29-13-11-18(12-14-29)27-23(30)21-15-31-24(28-21)17-7-3-2-4-8-17/h2-4,7-8,15,18H,5-6,9-14H2,1H3,(H,27,30). The first kappa shape index (κ1) is 20.1. The second-order valence-electron chi connectivity index (χ2n) is 8.37. The number of rotatable bonds is 4. The molecule has 3 heterocycles. The zero-order valence-corrected chi connectivity index (χ0v) is 18.6. The van der Waals surface area contributed by atoms with Crippen LogP contribution in [0, 0.1) is 6.92 Å². The van der Waals surface area contributed by atoms with Gasteiger partial charge in [0, 0.05) is 41.3 Å². The van der Waals surface area contributed by atoms with Crippen molar-refractivity contribution in [1.82, 2.24) is 20.3 Å². The monoisotopic (exact) mass is 433 g/mol. The second kappa shape index (κ2) is 8.75. The molecule has 0 unspecified atom stereocenters. The minimum absolute atomic E-state index is 0.0767. The lowest BCUT2D eigenvalue weighted by molar-refractivity contribution is 0.0927. The summed E-state index contributed by atoms with van der Waals surface area (Å²) in [5.41, 5.74) is 4.13. The van der Waals surface area contributed by atoms with E-state index in [1.165, 1.54) is 35.4 Å². The van der Waals surface area contributed by atoms with Gasteiger partial charge in [-0.3, -0.25) is 4.79 Å². The van der Waals surface area contributed by atoms with Crippen molar-refractivity contribution < 1.29 is 4.79 Å². The number of amides is 1. The molecular weight excluding hydrogens is 406 g/mol. The molecule has 1 amide bonds. The van der Waals surface area contributed by atoms with E-state index in [1.54, 1.807) is 0 Å². The van der Waals surface area contributed by atoms with Crippen molar-refractivity contribution in [1.29, 1.82) is 0 Å². The fourth-order valence-electron chi connectivity index (χ4n) is 4.54. The molecule has 0 radical (unpaired) electrons. The van der Waals surface area contributed by atoms with Gasteiger partial charge >= 0.3 is 0 Å². The molecule has 0 atom stereocenters. The van der Waals surface area contributed by atoms with Crippen LogP contribution in [0.3, 0.4) is 0 Å². The summed E-state index contributed by atoms with van der Waals surface area (Å²) in [5.74, 6) is 1.91. The fraction of sp³-hybridized carbons (Fsp3) is 0.417. The number of aryl methyl sites for hydroxylation is 2. The molecule has 2 aromatic heterocycles. The highest BCUT2D eigenvalue weighted by Crippen LogP contribution is 2.30. The van der Waals surface area contributed by atoms with E-state index in [0.717, 1.165) is 61.0 Å². The summed E-state index contributed by atoms with van der Waals surface area (Å²) < 4.78 is 0. The van der Waals surface area contributed by atoms with Gasteiger partial charge in [0.2, 0.25) is 0 Å².